The molecule has 1 aliphatic rings. The first kappa shape index (κ1) is 23.2. The Morgan fingerprint density at radius 3 is 2.65 bits per heavy atom. The van der Waals surface area contributed by atoms with Crippen molar-refractivity contribution in [3.05, 3.63) is 47.7 Å². The molecule has 31 heavy (non-hydrogen) atoms. The van der Waals surface area contributed by atoms with Crippen LogP contribution in [0.3, 0.4) is 0 Å². The van der Waals surface area contributed by atoms with Crippen molar-refractivity contribution in [3.63, 3.8) is 0 Å². The molecule has 1 aliphatic heterocycles. The zero-order chi connectivity index (χ0) is 22.1. The van der Waals surface area contributed by atoms with Gasteiger partial charge in [0, 0.05) is 39.3 Å². The number of ether oxygens (including phenoxy) is 2. The second kappa shape index (κ2) is 11.8. The van der Waals surface area contributed by atoms with Gasteiger partial charge in [0.25, 0.3) is 5.91 Å². The van der Waals surface area contributed by atoms with E-state index in [1.807, 2.05) is 12.1 Å². The lowest BCUT2D eigenvalue weighted by Crippen LogP contribution is -2.41. The minimum absolute atomic E-state index is 0.196. The standard InChI is InChI=1S/C23H34N4O4/c1-18(2)14-24-23(28)21-17-31-22(25-21)16-27(9-8-26-10-12-30-13-11-26)15-19-4-6-20(29-3)7-5-19/h4-7,17-18H,8-16H2,1-3H3,(H,24,28). The van der Waals surface area contributed by atoms with E-state index < -0.39 is 0 Å². The minimum Gasteiger partial charge on any atom is -0.497 e. The van der Waals surface area contributed by atoms with Gasteiger partial charge in [0.15, 0.2) is 5.69 Å². The van der Waals surface area contributed by atoms with Gasteiger partial charge in [0.05, 0.1) is 26.9 Å². The zero-order valence-corrected chi connectivity index (χ0v) is 18.8. The van der Waals surface area contributed by atoms with Gasteiger partial charge in [0.1, 0.15) is 12.0 Å². The van der Waals surface area contributed by atoms with Gasteiger partial charge in [-0.15, -0.1) is 0 Å². The van der Waals surface area contributed by atoms with Crippen molar-refractivity contribution in [2.75, 3.05) is 53.0 Å². The van der Waals surface area contributed by atoms with Gasteiger partial charge in [0.2, 0.25) is 5.89 Å². The molecule has 3 rings (SSSR count). The van der Waals surface area contributed by atoms with Crippen LogP contribution in [-0.4, -0.2) is 73.7 Å². The molecule has 0 radical (unpaired) electrons. The average Bonchev–Trinajstić information content (AvgIpc) is 3.25. The van der Waals surface area contributed by atoms with E-state index in [1.165, 1.54) is 11.8 Å². The largest absolute Gasteiger partial charge is 0.497 e. The number of benzene rings is 1. The molecule has 2 aromatic rings. The van der Waals surface area contributed by atoms with Crippen LogP contribution in [-0.2, 0) is 17.8 Å². The van der Waals surface area contributed by atoms with Crippen LogP contribution < -0.4 is 10.1 Å². The Kier molecular flexibility index (Phi) is 8.87. The normalized spacial score (nSPS) is 14.9. The molecule has 1 aromatic carbocycles. The van der Waals surface area contributed by atoms with Gasteiger partial charge in [-0.05, 0) is 23.6 Å². The van der Waals surface area contributed by atoms with E-state index in [0.717, 1.165) is 51.7 Å². The van der Waals surface area contributed by atoms with Crippen LogP contribution in [0.25, 0.3) is 0 Å². The Morgan fingerprint density at radius 2 is 1.97 bits per heavy atom. The number of amides is 1. The monoisotopic (exact) mass is 430 g/mol. The van der Waals surface area contributed by atoms with E-state index in [2.05, 4.69) is 46.1 Å². The summed E-state index contributed by atoms with van der Waals surface area (Å²) in [5.74, 6) is 1.58. The summed E-state index contributed by atoms with van der Waals surface area (Å²) in [6.07, 6.45) is 1.44. The molecule has 170 valence electrons. The minimum atomic E-state index is -0.196. The quantitative estimate of drug-likeness (QED) is 0.586. The van der Waals surface area contributed by atoms with E-state index in [1.54, 1.807) is 7.11 Å². The third-order valence-electron chi connectivity index (χ3n) is 5.22. The summed E-state index contributed by atoms with van der Waals surface area (Å²) in [5, 5.41) is 2.88. The van der Waals surface area contributed by atoms with Gasteiger partial charge in [-0.25, -0.2) is 4.98 Å². The lowest BCUT2D eigenvalue weighted by molar-refractivity contribution is 0.0320. The van der Waals surface area contributed by atoms with Crippen molar-refractivity contribution in [2.45, 2.75) is 26.9 Å². The molecule has 1 fully saturated rings. The first-order valence-electron chi connectivity index (χ1n) is 10.9. The molecule has 1 aromatic heterocycles. The Balaban J connectivity index is 1.62. The number of rotatable bonds is 11. The van der Waals surface area contributed by atoms with Crippen molar-refractivity contribution in [2.24, 2.45) is 5.92 Å². The van der Waals surface area contributed by atoms with Crippen molar-refractivity contribution in [1.29, 1.82) is 0 Å². The lowest BCUT2D eigenvalue weighted by Gasteiger charge is -2.29. The second-order valence-corrected chi connectivity index (χ2v) is 8.24. The van der Waals surface area contributed by atoms with Crippen LogP contribution in [0.4, 0.5) is 0 Å². The molecule has 0 spiro atoms. The summed E-state index contributed by atoms with van der Waals surface area (Å²) < 4.78 is 16.3. The van der Waals surface area contributed by atoms with Gasteiger partial charge in [-0.1, -0.05) is 26.0 Å². The van der Waals surface area contributed by atoms with Crippen molar-refractivity contribution in [1.82, 2.24) is 20.1 Å². The number of morpholine rings is 1. The topological polar surface area (TPSA) is 80.1 Å². The highest BCUT2D eigenvalue weighted by Gasteiger charge is 2.17. The number of carbonyl (C=O) groups excluding carboxylic acids is 1. The van der Waals surface area contributed by atoms with Crippen molar-refractivity contribution in [3.8, 4) is 5.75 Å². The SMILES string of the molecule is COc1ccc(CN(CCN2CCOCC2)Cc2nc(C(=O)NCC(C)C)co2)cc1. The van der Waals surface area contributed by atoms with Crippen molar-refractivity contribution < 1.29 is 18.7 Å². The summed E-state index contributed by atoms with van der Waals surface area (Å²) in [5.41, 5.74) is 1.51. The van der Waals surface area contributed by atoms with Crippen LogP contribution in [0, 0.1) is 5.92 Å². The van der Waals surface area contributed by atoms with Crippen LogP contribution in [0.15, 0.2) is 34.9 Å². The first-order valence-corrected chi connectivity index (χ1v) is 10.9. The number of nitrogens with zero attached hydrogens (tertiary/aromatic N) is 3. The average molecular weight is 431 g/mol. The fourth-order valence-corrected chi connectivity index (χ4v) is 3.38. The Hall–Kier alpha value is -2.42. The molecule has 8 heteroatoms. The Bertz CT molecular complexity index is 800. The molecule has 0 aliphatic carbocycles. The predicted octanol–water partition coefficient (Wildman–Crippen LogP) is 2.40. The molecule has 1 saturated heterocycles. The Labute approximate surface area is 184 Å². The maximum Gasteiger partial charge on any atom is 0.273 e. The fourth-order valence-electron chi connectivity index (χ4n) is 3.38. The smallest absolute Gasteiger partial charge is 0.273 e. The van der Waals surface area contributed by atoms with E-state index >= 15 is 0 Å². The van der Waals surface area contributed by atoms with E-state index in [9.17, 15) is 4.79 Å². The van der Waals surface area contributed by atoms with E-state index in [-0.39, 0.29) is 5.91 Å². The number of oxazole rings is 1. The van der Waals surface area contributed by atoms with Gasteiger partial charge >= 0.3 is 0 Å². The summed E-state index contributed by atoms with van der Waals surface area (Å²) in [6.45, 7) is 11.3. The van der Waals surface area contributed by atoms with Crippen LogP contribution >= 0.6 is 0 Å². The summed E-state index contributed by atoms with van der Waals surface area (Å²) in [7, 11) is 1.67. The molecular formula is C23H34N4O4. The number of carbonyl (C=O) groups is 1. The summed E-state index contributed by atoms with van der Waals surface area (Å²) >= 11 is 0. The molecule has 8 nitrogen and oxygen atoms in total. The van der Waals surface area contributed by atoms with Crippen LogP contribution in [0.2, 0.25) is 0 Å². The third-order valence-corrected chi connectivity index (χ3v) is 5.22. The third kappa shape index (κ3) is 7.65. The van der Waals surface area contributed by atoms with Gasteiger partial charge < -0.3 is 19.2 Å². The number of hydrogen-bond donors (Lipinski definition) is 1. The van der Waals surface area contributed by atoms with Crippen LogP contribution in [0.5, 0.6) is 5.75 Å². The molecule has 0 bridgehead atoms. The highest BCUT2D eigenvalue weighted by molar-refractivity contribution is 5.91. The second-order valence-electron chi connectivity index (χ2n) is 8.24. The molecule has 2 heterocycles. The summed E-state index contributed by atoms with van der Waals surface area (Å²) in [6, 6.07) is 8.08. The molecule has 0 atom stereocenters. The molecular weight excluding hydrogens is 396 g/mol. The zero-order valence-electron chi connectivity index (χ0n) is 18.8. The predicted molar refractivity (Wildman–Crippen MR) is 118 cm³/mol. The summed E-state index contributed by atoms with van der Waals surface area (Å²) in [4.78, 5) is 21.4. The fraction of sp³-hybridized carbons (Fsp3) is 0.565. The first-order chi connectivity index (χ1) is 15.0. The Morgan fingerprint density at radius 1 is 1.23 bits per heavy atom. The highest BCUT2D eigenvalue weighted by atomic mass is 16.5. The maximum absolute atomic E-state index is 12.3. The molecule has 1 N–H and O–H groups in total. The van der Waals surface area contributed by atoms with Gasteiger partial charge in [-0.2, -0.15) is 0 Å². The number of hydrogen-bond acceptors (Lipinski definition) is 7. The highest BCUT2D eigenvalue weighted by Crippen LogP contribution is 2.15. The maximum atomic E-state index is 12.3. The molecule has 1 amide bonds. The molecule has 0 unspecified atom stereocenters. The van der Waals surface area contributed by atoms with E-state index in [0.29, 0.717) is 30.6 Å². The lowest BCUT2D eigenvalue weighted by atomic mass is 10.2. The number of aromatic nitrogens is 1. The molecule has 0 saturated carbocycles. The number of nitrogens with one attached hydrogen (secondary N) is 1. The van der Waals surface area contributed by atoms with Crippen LogP contribution in [0.1, 0.15) is 35.8 Å². The number of methoxy groups -OCH3 is 1. The van der Waals surface area contributed by atoms with Crippen molar-refractivity contribution >= 4 is 5.91 Å². The van der Waals surface area contributed by atoms with Gasteiger partial charge in [-0.3, -0.25) is 14.6 Å². The van der Waals surface area contributed by atoms with E-state index in [4.69, 9.17) is 13.9 Å².